The molecule has 0 radical (unpaired) electrons. The van der Waals surface area contributed by atoms with Crippen LogP contribution in [0.4, 0.5) is 6.01 Å². The number of hydrogen-bond donors (Lipinski definition) is 1. The maximum absolute atomic E-state index is 11.1. The lowest BCUT2D eigenvalue weighted by molar-refractivity contribution is -0.119. The zero-order valence-electron chi connectivity index (χ0n) is 7.42. The van der Waals surface area contributed by atoms with Gasteiger partial charge in [-0.05, 0) is 6.92 Å². The minimum Gasteiger partial charge on any atom is -0.429 e. The number of aryl methyl sites for hydroxylation is 1. The van der Waals surface area contributed by atoms with E-state index in [1.807, 2.05) is 13.8 Å². The van der Waals surface area contributed by atoms with Gasteiger partial charge in [0, 0.05) is 5.92 Å². The van der Waals surface area contributed by atoms with Gasteiger partial charge in [-0.25, -0.2) is 4.98 Å². The summed E-state index contributed by atoms with van der Waals surface area (Å²) in [5.74, 6) is 0.545. The van der Waals surface area contributed by atoms with Crippen molar-refractivity contribution >= 4 is 11.9 Å². The van der Waals surface area contributed by atoms with Gasteiger partial charge in [0.25, 0.3) is 0 Å². The summed E-state index contributed by atoms with van der Waals surface area (Å²) in [5, 5.41) is 2.55. The number of aromatic nitrogens is 1. The first-order chi connectivity index (χ1) is 5.59. The van der Waals surface area contributed by atoms with E-state index in [0.29, 0.717) is 5.76 Å². The molecule has 0 aliphatic carbocycles. The van der Waals surface area contributed by atoms with Crippen LogP contribution in [0.3, 0.4) is 0 Å². The Balaban J connectivity index is 2.58. The summed E-state index contributed by atoms with van der Waals surface area (Å²) in [6.45, 7) is 5.40. The number of hydrogen-bond acceptors (Lipinski definition) is 3. The standard InChI is InChI=1S/C8H12N2O2/c1-5(2)7(11)10-8-9-4-6(3)12-8/h4-5H,1-3H3,(H,9,10,11). The Morgan fingerprint density at radius 3 is 2.75 bits per heavy atom. The zero-order valence-corrected chi connectivity index (χ0v) is 7.42. The average Bonchev–Trinajstić information content (AvgIpc) is 2.35. The maximum atomic E-state index is 11.1. The molecule has 0 aliphatic rings. The molecule has 0 spiro atoms. The van der Waals surface area contributed by atoms with Crippen molar-refractivity contribution in [1.29, 1.82) is 0 Å². The molecule has 4 nitrogen and oxygen atoms in total. The van der Waals surface area contributed by atoms with Gasteiger partial charge in [-0.15, -0.1) is 0 Å². The van der Waals surface area contributed by atoms with Crippen molar-refractivity contribution in [1.82, 2.24) is 4.98 Å². The summed E-state index contributed by atoms with van der Waals surface area (Å²) in [5.41, 5.74) is 0. The molecule has 4 heteroatoms. The first-order valence-corrected chi connectivity index (χ1v) is 3.83. The summed E-state index contributed by atoms with van der Waals surface area (Å²) in [6.07, 6.45) is 1.57. The van der Waals surface area contributed by atoms with Crippen molar-refractivity contribution in [3.8, 4) is 0 Å². The van der Waals surface area contributed by atoms with Crippen LogP contribution < -0.4 is 5.32 Å². The lowest BCUT2D eigenvalue weighted by Gasteiger charge is -2.02. The van der Waals surface area contributed by atoms with E-state index in [0.717, 1.165) is 0 Å². The van der Waals surface area contributed by atoms with Gasteiger partial charge in [0.15, 0.2) is 0 Å². The number of anilines is 1. The number of amides is 1. The van der Waals surface area contributed by atoms with Crippen molar-refractivity contribution in [3.05, 3.63) is 12.0 Å². The van der Waals surface area contributed by atoms with Crippen molar-refractivity contribution in [2.24, 2.45) is 5.92 Å². The third-order valence-corrected chi connectivity index (χ3v) is 1.38. The van der Waals surface area contributed by atoms with Gasteiger partial charge in [0.1, 0.15) is 5.76 Å². The van der Waals surface area contributed by atoms with Gasteiger partial charge in [-0.3, -0.25) is 10.1 Å². The predicted molar refractivity (Wildman–Crippen MR) is 44.7 cm³/mol. The monoisotopic (exact) mass is 168 g/mol. The highest BCUT2D eigenvalue weighted by Crippen LogP contribution is 2.08. The molecule has 12 heavy (non-hydrogen) atoms. The van der Waals surface area contributed by atoms with E-state index in [2.05, 4.69) is 10.3 Å². The predicted octanol–water partition coefficient (Wildman–Crippen LogP) is 1.58. The van der Waals surface area contributed by atoms with Gasteiger partial charge in [-0.1, -0.05) is 13.8 Å². The second-order valence-electron chi connectivity index (χ2n) is 2.92. The van der Waals surface area contributed by atoms with E-state index in [1.165, 1.54) is 0 Å². The topological polar surface area (TPSA) is 55.1 Å². The fourth-order valence-corrected chi connectivity index (χ4v) is 0.662. The summed E-state index contributed by atoms with van der Waals surface area (Å²) in [4.78, 5) is 14.9. The molecule has 0 saturated heterocycles. The molecule has 66 valence electrons. The summed E-state index contributed by atoms with van der Waals surface area (Å²) >= 11 is 0. The minimum absolute atomic E-state index is 0.0581. The van der Waals surface area contributed by atoms with Crippen LogP contribution in [0.15, 0.2) is 10.6 Å². The molecule has 0 saturated carbocycles. The van der Waals surface area contributed by atoms with Crippen LogP contribution in [0.2, 0.25) is 0 Å². The average molecular weight is 168 g/mol. The van der Waals surface area contributed by atoms with Crippen LogP contribution in [-0.4, -0.2) is 10.9 Å². The lowest BCUT2D eigenvalue weighted by atomic mass is 10.2. The first kappa shape index (κ1) is 8.77. The Morgan fingerprint density at radius 2 is 2.33 bits per heavy atom. The Hall–Kier alpha value is -1.32. The second kappa shape index (κ2) is 3.38. The van der Waals surface area contributed by atoms with Crippen LogP contribution in [0.25, 0.3) is 0 Å². The normalized spacial score (nSPS) is 10.3. The molecular weight excluding hydrogens is 156 g/mol. The number of carbonyl (C=O) groups excluding carboxylic acids is 1. The third kappa shape index (κ3) is 2.08. The van der Waals surface area contributed by atoms with Crippen molar-refractivity contribution in [2.45, 2.75) is 20.8 Å². The van der Waals surface area contributed by atoms with Gasteiger partial charge in [0.2, 0.25) is 5.91 Å². The Morgan fingerprint density at radius 1 is 1.67 bits per heavy atom. The van der Waals surface area contributed by atoms with Gasteiger partial charge in [-0.2, -0.15) is 0 Å². The molecule has 0 unspecified atom stereocenters. The molecule has 1 heterocycles. The summed E-state index contributed by atoms with van der Waals surface area (Å²) in [7, 11) is 0. The van der Waals surface area contributed by atoms with Crippen LogP contribution in [-0.2, 0) is 4.79 Å². The quantitative estimate of drug-likeness (QED) is 0.729. The van der Waals surface area contributed by atoms with Gasteiger partial charge in [0.05, 0.1) is 6.20 Å². The van der Waals surface area contributed by atoms with Gasteiger partial charge >= 0.3 is 6.01 Å². The Kier molecular flexibility index (Phi) is 2.47. The molecule has 0 aromatic carbocycles. The van der Waals surface area contributed by atoms with E-state index < -0.39 is 0 Å². The van der Waals surface area contributed by atoms with E-state index in [4.69, 9.17) is 4.42 Å². The number of oxazole rings is 1. The van der Waals surface area contributed by atoms with Crippen LogP contribution >= 0.6 is 0 Å². The SMILES string of the molecule is Cc1cnc(NC(=O)C(C)C)o1. The number of nitrogens with zero attached hydrogens (tertiary/aromatic N) is 1. The number of carbonyl (C=O) groups is 1. The number of rotatable bonds is 2. The van der Waals surface area contributed by atoms with E-state index >= 15 is 0 Å². The third-order valence-electron chi connectivity index (χ3n) is 1.38. The molecule has 0 fully saturated rings. The van der Waals surface area contributed by atoms with E-state index in [1.54, 1.807) is 13.1 Å². The molecule has 1 rings (SSSR count). The van der Waals surface area contributed by atoms with Crippen molar-refractivity contribution in [2.75, 3.05) is 5.32 Å². The lowest BCUT2D eigenvalue weighted by Crippen LogP contribution is -2.17. The van der Waals surface area contributed by atoms with Crippen LogP contribution in [0.1, 0.15) is 19.6 Å². The molecule has 1 aromatic heterocycles. The molecular formula is C8H12N2O2. The highest BCUT2D eigenvalue weighted by molar-refractivity contribution is 5.89. The smallest absolute Gasteiger partial charge is 0.301 e. The molecule has 0 atom stereocenters. The highest BCUT2D eigenvalue weighted by atomic mass is 16.4. The first-order valence-electron chi connectivity index (χ1n) is 3.83. The van der Waals surface area contributed by atoms with E-state index in [9.17, 15) is 4.79 Å². The maximum Gasteiger partial charge on any atom is 0.301 e. The highest BCUT2D eigenvalue weighted by Gasteiger charge is 2.09. The Labute approximate surface area is 71.0 Å². The molecule has 1 N–H and O–H groups in total. The molecule has 0 bridgehead atoms. The van der Waals surface area contributed by atoms with Crippen LogP contribution in [0.5, 0.6) is 0 Å². The molecule has 1 aromatic rings. The second-order valence-corrected chi connectivity index (χ2v) is 2.92. The van der Waals surface area contributed by atoms with Crippen LogP contribution in [0, 0.1) is 12.8 Å². The summed E-state index contributed by atoms with van der Waals surface area (Å²) in [6, 6.07) is 0.270. The number of nitrogens with one attached hydrogen (secondary N) is 1. The fourth-order valence-electron chi connectivity index (χ4n) is 0.662. The molecule has 0 aliphatic heterocycles. The largest absolute Gasteiger partial charge is 0.429 e. The van der Waals surface area contributed by atoms with Crippen molar-refractivity contribution in [3.63, 3.8) is 0 Å². The fraction of sp³-hybridized carbons (Fsp3) is 0.500. The van der Waals surface area contributed by atoms with Crippen molar-refractivity contribution < 1.29 is 9.21 Å². The Bertz CT molecular complexity index is 278. The molecule has 1 amide bonds. The van der Waals surface area contributed by atoms with E-state index in [-0.39, 0.29) is 17.8 Å². The zero-order chi connectivity index (χ0) is 9.14. The van der Waals surface area contributed by atoms with Gasteiger partial charge < -0.3 is 4.42 Å². The summed E-state index contributed by atoms with van der Waals surface area (Å²) < 4.78 is 5.06. The minimum atomic E-state index is -0.0862.